The number of aromatic nitrogens is 2. The summed E-state index contributed by atoms with van der Waals surface area (Å²) in [6, 6.07) is -0.671. The molecule has 0 amide bonds. The first kappa shape index (κ1) is 33.6. The predicted molar refractivity (Wildman–Crippen MR) is 176 cm³/mol. The number of aliphatic hydroxyl groups excluding tert-OH is 1. The van der Waals surface area contributed by atoms with Gasteiger partial charge in [-0.1, -0.05) is 73.0 Å². The number of carbonyl (C=O) groups is 3. The Balaban J connectivity index is 0.00000417. The van der Waals surface area contributed by atoms with Crippen molar-refractivity contribution >= 4 is 70.7 Å². The molecular weight excluding hydrogens is 597 g/mol. The van der Waals surface area contributed by atoms with E-state index in [1.807, 2.05) is 39.0 Å². The number of Topliss-reactive ketones (excluding diaryl/α,β-unsaturated/α-hetero) is 1. The fourth-order valence-corrected chi connectivity index (χ4v) is 7.39. The molecule has 5 heterocycles. The number of fused-ring (bicyclic) bond motifs is 8. The number of carboxylic acids is 1. The van der Waals surface area contributed by atoms with Gasteiger partial charge in [-0.2, -0.15) is 11.4 Å². The van der Waals surface area contributed by atoms with E-state index in [1.54, 1.807) is 13.0 Å². The summed E-state index contributed by atoms with van der Waals surface area (Å²) in [5.41, 5.74) is 7.50. The van der Waals surface area contributed by atoms with Crippen LogP contribution in [0.3, 0.4) is 0 Å². The molecule has 6 rings (SSSR count). The van der Waals surface area contributed by atoms with E-state index < -0.39 is 29.7 Å². The molecule has 2 unspecified atom stereocenters. The molecule has 2 aromatic heterocycles. The molecule has 0 aromatic carbocycles. The number of ketones is 1. The third kappa shape index (κ3) is 5.18. The molecule has 4 aliphatic rings. The molecule has 1 aliphatic carbocycles. The molecule has 3 aliphatic heterocycles. The SMILES string of the molecule is C=Cc1c2[n-]c(c1C)/C=C1\[N-]C(C3=c4[n-]/c(c(C)c4C(=O)[C@@H]3C(=O)OC)=C\C3=C(CC)C(CO)/C(=C/2)[N-]3)[C@@H](CCC(=O)O)[C@@H]1C.[Mg+2]. The molecule has 2 N–H and O–H groups in total. The van der Waals surface area contributed by atoms with Gasteiger partial charge in [0, 0.05) is 17.9 Å². The minimum absolute atomic E-state index is 0. The summed E-state index contributed by atoms with van der Waals surface area (Å²) in [6.07, 6.45) is 8.23. The summed E-state index contributed by atoms with van der Waals surface area (Å²) < 4.78 is 5.12. The van der Waals surface area contributed by atoms with Crippen LogP contribution in [0.15, 0.2) is 29.2 Å². The van der Waals surface area contributed by atoms with Gasteiger partial charge in [0.1, 0.15) is 5.92 Å². The van der Waals surface area contributed by atoms with Gasteiger partial charge in [0.05, 0.1) is 13.7 Å². The molecule has 10 nitrogen and oxygen atoms in total. The van der Waals surface area contributed by atoms with E-state index in [2.05, 4.69) is 6.58 Å². The Morgan fingerprint density at radius 2 is 1.80 bits per heavy atom. The van der Waals surface area contributed by atoms with Gasteiger partial charge >= 0.3 is 35.0 Å². The van der Waals surface area contributed by atoms with Crippen LogP contribution in [0.25, 0.3) is 40.5 Å². The van der Waals surface area contributed by atoms with E-state index >= 15 is 0 Å². The summed E-state index contributed by atoms with van der Waals surface area (Å²) in [4.78, 5) is 48.8. The van der Waals surface area contributed by atoms with E-state index in [0.29, 0.717) is 68.7 Å². The molecule has 0 saturated carbocycles. The maximum Gasteiger partial charge on any atom is 2.00 e. The zero-order valence-corrected chi connectivity index (χ0v) is 28.2. The largest absolute Gasteiger partial charge is 2.00 e. The number of methoxy groups -OCH3 is 1. The first-order valence-corrected chi connectivity index (χ1v) is 15.3. The van der Waals surface area contributed by atoms with Crippen LogP contribution in [-0.4, -0.2) is 70.7 Å². The first-order valence-electron chi connectivity index (χ1n) is 15.3. The first-order chi connectivity index (χ1) is 21.5. The van der Waals surface area contributed by atoms with E-state index in [4.69, 9.17) is 25.3 Å². The van der Waals surface area contributed by atoms with Gasteiger partial charge in [0.25, 0.3) is 0 Å². The van der Waals surface area contributed by atoms with Crippen molar-refractivity contribution in [1.29, 1.82) is 0 Å². The number of ether oxygens (including phenoxy) is 1. The quantitative estimate of drug-likeness (QED) is 0.267. The van der Waals surface area contributed by atoms with Crippen LogP contribution in [0.4, 0.5) is 0 Å². The van der Waals surface area contributed by atoms with E-state index in [9.17, 15) is 24.6 Å². The monoisotopic (exact) mass is 632 g/mol. The van der Waals surface area contributed by atoms with Crippen molar-refractivity contribution in [3.63, 3.8) is 0 Å². The van der Waals surface area contributed by atoms with E-state index in [-0.39, 0.29) is 53.8 Å². The Morgan fingerprint density at radius 1 is 1.09 bits per heavy atom. The van der Waals surface area contributed by atoms with Crippen LogP contribution < -0.4 is 20.7 Å². The van der Waals surface area contributed by atoms with Gasteiger partial charge in [-0.25, -0.2) is 0 Å². The number of aliphatic hydroxyl groups is 1. The zero-order chi connectivity index (χ0) is 32.3. The van der Waals surface area contributed by atoms with Crippen LogP contribution >= 0.6 is 0 Å². The van der Waals surface area contributed by atoms with Crippen LogP contribution in [-0.2, 0) is 14.3 Å². The second kappa shape index (κ2) is 12.8. The van der Waals surface area contributed by atoms with Crippen LogP contribution in [0.2, 0.25) is 0 Å². The molecule has 236 valence electrons. The zero-order valence-electron chi connectivity index (χ0n) is 26.8. The fourth-order valence-electron chi connectivity index (χ4n) is 7.39. The third-order valence-corrected chi connectivity index (χ3v) is 9.84. The number of nitrogens with zero attached hydrogens (tertiary/aromatic N) is 4. The Labute approximate surface area is 283 Å². The van der Waals surface area contributed by atoms with Crippen molar-refractivity contribution in [1.82, 2.24) is 9.97 Å². The molecule has 1 saturated heterocycles. The molecule has 5 atom stereocenters. The average Bonchev–Trinajstić information content (AvgIpc) is 3.76. The number of allylic oxidation sites excluding steroid dienone is 2. The number of hydrogen-bond donors (Lipinski definition) is 2. The van der Waals surface area contributed by atoms with Gasteiger partial charge in [-0.05, 0) is 44.1 Å². The Morgan fingerprint density at radius 3 is 2.43 bits per heavy atom. The molecule has 0 radical (unpaired) electrons. The normalized spacial score (nSPS) is 27.4. The summed E-state index contributed by atoms with van der Waals surface area (Å²) in [5, 5.41) is 31.0. The van der Waals surface area contributed by atoms with Gasteiger partial charge in [0.2, 0.25) is 0 Å². The number of carbonyl (C=O) groups excluding carboxylic acids is 2. The van der Waals surface area contributed by atoms with Gasteiger partial charge in [-0.3, -0.25) is 14.4 Å². The smallest absolute Gasteiger partial charge is 0.681 e. The molecule has 46 heavy (non-hydrogen) atoms. The minimum Gasteiger partial charge on any atom is -0.681 e. The Bertz CT molecular complexity index is 1880. The predicted octanol–water partition coefficient (Wildman–Crippen LogP) is 3.33. The van der Waals surface area contributed by atoms with Gasteiger partial charge in [0.15, 0.2) is 5.78 Å². The molecular formula is C35H36MgN4O6-2. The van der Waals surface area contributed by atoms with Crippen molar-refractivity contribution in [2.75, 3.05) is 13.7 Å². The van der Waals surface area contributed by atoms with Crippen molar-refractivity contribution in [2.24, 2.45) is 23.7 Å². The standard InChI is InChI=1S/C35H36N4O6.Mg/c1-7-18-15(3)22-11-23-16(4)20(9-10-28(41)42)32(38-23)30-31(35(44)45-6)34(43)29-17(5)24(39-33(29)30)12-26-19(8-2)21(14-40)27(37-26)13-25(18)36-22;/h7,11-13,16,20-21,31-32,40H,1,8-10,14H2,2-6H3,(H,41,42);/q-4;+2/b23-11-,24-12-,27-13-;/t16-,20-,21?,31+,32?;/m0./s1. The molecule has 11 heteroatoms. The van der Waals surface area contributed by atoms with Crippen molar-refractivity contribution in [3.05, 3.63) is 84.2 Å². The number of rotatable bonds is 7. The topological polar surface area (TPSA) is 157 Å². The fraction of sp³-hybridized carbons (Fsp3) is 0.400. The van der Waals surface area contributed by atoms with Crippen molar-refractivity contribution in [3.8, 4) is 0 Å². The van der Waals surface area contributed by atoms with Gasteiger partial charge < -0.3 is 35.6 Å². The maximum absolute atomic E-state index is 14.0. The molecule has 1 fully saturated rings. The molecule has 2 aromatic rings. The Kier molecular flexibility index (Phi) is 9.32. The second-order valence-electron chi connectivity index (χ2n) is 12.1. The van der Waals surface area contributed by atoms with E-state index in [1.165, 1.54) is 7.11 Å². The molecule has 8 bridgehead atoms. The maximum atomic E-state index is 14.0. The van der Waals surface area contributed by atoms with Gasteiger partial charge in [-0.15, -0.1) is 27.8 Å². The minimum atomic E-state index is -1.22. The van der Waals surface area contributed by atoms with E-state index in [0.717, 1.165) is 16.7 Å². The summed E-state index contributed by atoms with van der Waals surface area (Å²) in [7, 11) is 1.25. The number of esters is 1. The van der Waals surface area contributed by atoms with Crippen LogP contribution in [0, 0.1) is 37.5 Å². The molecule has 0 spiro atoms. The van der Waals surface area contributed by atoms with Crippen LogP contribution in [0.5, 0.6) is 0 Å². The number of aliphatic carboxylic acids is 1. The van der Waals surface area contributed by atoms with Crippen LogP contribution in [0.1, 0.15) is 71.5 Å². The second-order valence-corrected chi connectivity index (χ2v) is 12.1. The van der Waals surface area contributed by atoms with Crippen molar-refractivity contribution < 1.29 is 29.3 Å². The number of hydrogen-bond acceptors (Lipinski definition) is 5. The Hall–Kier alpha value is -3.80. The number of carboxylic acid groups (broad SMARTS) is 1. The summed E-state index contributed by atoms with van der Waals surface area (Å²) >= 11 is 0. The average molecular weight is 633 g/mol. The summed E-state index contributed by atoms with van der Waals surface area (Å²) in [6.45, 7) is 11.6. The third-order valence-electron chi connectivity index (χ3n) is 9.84. The summed E-state index contributed by atoms with van der Waals surface area (Å²) in [5.74, 6) is -4.09. The van der Waals surface area contributed by atoms with Crippen molar-refractivity contribution in [2.45, 2.75) is 53.0 Å².